The average molecular weight is 339 g/mol. The Morgan fingerprint density at radius 1 is 1.24 bits per heavy atom. The van der Waals surface area contributed by atoms with Gasteiger partial charge >= 0.3 is 0 Å². The number of nitrogen functional groups attached to an aromatic ring is 1. The Balaban J connectivity index is 1.81. The second-order valence-corrected chi connectivity index (χ2v) is 6.23. The first-order valence-electron chi connectivity index (χ1n) is 8.33. The highest BCUT2D eigenvalue weighted by atomic mass is 19.1. The lowest BCUT2D eigenvalue weighted by atomic mass is 10.0. The van der Waals surface area contributed by atoms with Gasteiger partial charge in [-0.05, 0) is 55.2 Å². The third-order valence-corrected chi connectivity index (χ3v) is 4.44. The van der Waals surface area contributed by atoms with Crippen molar-refractivity contribution in [2.45, 2.75) is 25.7 Å². The normalized spacial score (nSPS) is 14.0. The van der Waals surface area contributed by atoms with Crippen molar-refractivity contribution in [3.63, 3.8) is 0 Å². The zero-order valence-corrected chi connectivity index (χ0v) is 13.8. The Morgan fingerprint density at radius 3 is 2.64 bits per heavy atom. The Kier molecular flexibility index (Phi) is 3.67. The van der Waals surface area contributed by atoms with Gasteiger partial charge in [0.2, 0.25) is 0 Å². The zero-order chi connectivity index (χ0) is 17.6. The predicted molar refractivity (Wildman–Crippen MR) is 94.7 cm³/mol. The van der Waals surface area contributed by atoms with Crippen molar-refractivity contribution < 1.29 is 9.13 Å². The number of hydrogen-bond acceptors (Lipinski definition) is 4. The fraction of sp³-hybridized carbons (Fsp3) is 0.263. The third kappa shape index (κ3) is 2.73. The molecule has 1 aliphatic carbocycles. The number of rotatable bonds is 4. The van der Waals surface area contributed by atoms with Gasteiger partial charge < -0.3 is 10.6 Å². The maximum Gasteiger partial charge on any atom is 0.279 e. The molecule has 0 atom stereocenters. The summed E-state index contributed by atoms with van der Waals surface area (Å²) in [4.78, 5) is 17.1. The van der Waals surface area contributed by atoms with Crippen LogP contribution < -0.4 is 16.1 Å². The number of nitrogens with two attached hydrogens (primary N) is 1. The van der Waals surface area contributed by atoms with Crippen molar-refractivity contribution in [2.24, 2.45) is 0 Å². The molecule has 25 heavy (non-hydrogen) atoms. The van der Waals surface area contributed by atoms with Gasteiger partial charge in [-0.15, -0.1) is 0 Å². The molecule has 0 radical (unpaired) electrons. The highest BCUT2D eigenvalue weighted by Crippen LogP contribution is 2.38. The van der Waals surface area contributed by atoms with Crippen LogP contribution in [0, 0.1) is 5.82 Å². The first-order valence-corrected chi connectivity index (χ1v) is 8.33. The average Bonchev–Trinajstić information content (AvgIpc) is 3.45. The Morgan fingerprint density at radius 2 is 1.96 bits per heavy atom. The molecular formula is C19H18FN3O2. The molecule has 0 bridgehead atoms. The summed E-state index contributed by atoms with van der Waals surface area (Å²) in [6.07, 6.45) is 2.03. The van der Waals surface area contributed by atoms with E-state index in [0.29, 0.717) is 28.9 Å². The Labute approximate surface area is 143 Å². The van der Waals surface area contributed by atoms with Gasteiger partial charge in [0.1, 0.15) is 5.82 Å². The van der Waals surface area contributed by atoms with Crippen LogP contribution >= 0.6 is 0 Å². The first kappa shape index (κ1) is 15.6. The maximum atomic E-state index is 14.1. The van der Waals surface area contributed by atoms with E-state index in [4.69, 9.17) is 10.6 Å². The van der Waals surface area contributed by atoms with Crippen LogP contribution in [0.3, 0.4) is 0 Å². The minimum Gasteiger partial charge on any atom is -0.491 e. The molecule has 1 saturated carbocycles. The fourth-order valence-corrected chi connectivity index (χ4v) is 2.98. The molecular weight excluding hydrogens is 321 g/mol. The van der Waals surface area contributed by atoms with E-state index in [0.717, 1.165) is 23.1 Å². The van der Waals surface area contributed by atoms with E-state index in [9.17, 15) is 9.18 Å². The van der Waals surface area contributed by atoms with Crippen molar-refractivity contribution in [2.75, 3.05) is 12.4 Å². The van der Waals surface area contributed by atoms with E-state index >= 15 is 0 Å². The molecule has 128 valence electrons. The molecule has 3 aromatic rings. The summed E-state index contributed by atoms with van der Waals surface area (Å²) >= 11 is 0. The lowest BCUT2D eigenvalue weighted by molar-refractivity contribution is 0.321. The SMILES string of the molecule is CCOc1ccc(-c2ccc3nc(C4CC4)n(N)c(=O)c3c2)cc1F. The number of ether oxygens (including phenoxy) is 1. The van der Waals surface area contributed by atoms with Gasteiger partial charge in [-0.3, -0.25) is 4.79 Å². The number of benzene rings is 2. The van der Waals surface area contributed by atoms with Crippen LogP contribution in [0.2, 0.25) is 0 Å². The van der Waals surface area contributed by atoms with Gasteiger partial charge in [0.25, 0.3) is 5.56 Å². The lowest BCUT2D eigenvalue weighted by Crippen LogP contribution is -2.31. The number of halogens is 1. The summed E-state index contributed by atoms with van der Waals surface area (Å²) in [6, 6.07) is 10.1. The summed E-state index contributed by atoms with van der Waals surface area (Å²) in [6.45, 7) is 2.20. The quantitative estimate of drug-likeness (QED) is 0.741. The van der Waals surface area contributed by atoms with E-state index in [2.05, 4.69) is 4.98 Å². The highest BCUT2D eigenvalue weighted by molar-refractivity contribution is 5.84. The van der Waals surface area contributed by atoms with E-state index in [-0.39, 0.29) is 17.2 Å². The molecule has 5 nitrogen and oxygen atoms in total. The number of fused-ring (bicyclic) bond motifs is 1. The number of hydrogen-bond donors (Lipinski definition) is 1. The molecule has 6 heteroatoms. The highest BCUT2D eigenvalue weighted by Gasteiger charge is 2.28. The van der Waals surface area contributed by atoms with Crippen molar-refractivity contribution in [3.8, 4) is 16.9 Å². The number of nitrogens with zero attached hydrogens (tertiary/aromatic N) is 2. The second-order valence-electron chi connectivity index (χ2n) is 6.23. The van der Waals surface area contributed by atoms with E-state index < -0.39 is 5.82 Å². The smallest absolute Gasteiger partial charge is 0.279 e. The van der Waals surface area contributed by atoms with Gasteiger partial charge in [0.15, 0.2) is 11.6 Å². The van der Waals surface area contributed by atoms with Crippen LogP contribution in [0.4, 0.5) is 4.39 Å². The molecule has 0 aliphatic heterocycles. The molecule has 0 amide bonds. The van der Waals surface area contributed by atoms with Gasteiger partial charge in [-0.1, -0.05) is 12.1 Å². The summed E-state index contributed by atoms with van der Waals surface area (Å²) in [5.41, 5.74) is 1.73. The fourth-order valence-electron chi connectivity index (χ4n) is 2.98. The van der Waals surface area contributed by atoms with Crippen LogP contribution in [0.25, 0.3) is 22.0 Å². The Bertz CT molecular complexity index is 1030. The third-order valence-electron chi connectivity index (χ3n) is 4.44. The van der Waals surface area contributed by atoms with Gasteiger partial charge in [0.05, 0.1) is 17.5 Å². The van der Waals surface area contributed by atoms with Crippen molar-refractivity contribution in [3.05, 3.63) is 58.4 Å². The lowest BCUT2D eigenvalue weighted by Gasteiger charge is -2.10. The number of aromatic nitrogens is 2. The summed E-state index contributed by atoms with van der Waals surface area (Å²) < 4.78 is 20.5. The minimum atomic E-state index is -0.433. The predicted octanol–water partition coefficient (Wildman–Crippen LogP) is 3.19. The second kappa shape index (κ2) is 5.88. The molecule has 1 aromatic heterocycles. The molecule has 1 aliphatic rings. The van der Waals surface area contributed by atoms with E-state index in [1.807, 2.05) is 6.07 Å². The Hall–Kier alpha value is -2.89. The van der Waals surface area contributed by atoms with Crippen LogP contribution in [0.5, 0.6) is 5.75 Å². The maximum absolute atomic E-state index is 14.1. The van der Waals surface area contributed by atoms with Crippen LogP contribution in [-0.4, -0.2) is 16.3 Å². The molecule has 2 N–H and O–H groups in total. The van der Waals surface area contributed by atoms with Crippen molar-refractivity contribution in [1.82, 2.24) is 9.66 Å². The molecule has 0 saturated heterocycles. The molecule has 0 spiro atoms. The molecule has 2 aromatic carbocycles. The van der Waals surface area contributed by atoms with Gasteiger partial charge in [-0.2, -0.15) is 0 Å². The molecule has 4 rings (SSSR count). The first-order chi connectivity index (χ1) is 12.1. The van der Waals surface area contributed by atoms with Crippen LogP contribution in [0.1, 0.15) is 31.5 Å². The monoisotopic (exact) mass is 339 g/mol. The minimum absolute atomic E-state index is 0.215. The zero-order valence-electron chi connectivity index (χ0n) is 13.8. The van der Waals surface area contributed by atoms with Crippen LogP contribution in [-0.2, 0) is 0 Å². The van der Waals surface area contributed by atoms with Crippen LogP contribution in [0.15, 0.2) is 41.2 Å². The topological polar surface area (TPSA) is 70.1 Å². The standard InChI is InChI=1S/C19H18FN3O2/c1-2-25-17-8-6-13(10-15(17)20)12-5-7-16-14(9-12)19(24)23(21)18(22-16)11-3-4-11/h5-11H,2-4,21H2,1H3. The van der Waals surface area contributed by atoms with Gasteiger partial charge in [0, 0.05) is 5.92 Å². The van der Waals surface area contributed by atoms with E-state index in [1.54, 1.807) is 31.2 Å². The molecule has 1 fully saturated rings. The summed E-state index contributed by atoms with van der Waals surface area (Å²) in [5, 5.41) is 0.429. The summed E-state index contributed by atoms with van der Waals surface area (Å²) in [7, 11) is 0. The molecule has 0 unspecified atom stereocenters. The largest absolute Gasteiger partial charge is 0.491 e. The van der Waals surface area contributed by atoms with Crippen molar-refractivity contribution in [1.29, 1.82) is 0 Å². The molecule has 1 heterocycles. The van der Waals surface area contributed by atoms with Crippen molar-refractivity contribution >= 4 is 10.9 Å². The van der Waals surface area contributed by atoms with Gasteiger partial charge in [-0.25, -0.2) is 14.1 Å². The van der Waals surface area contributed by atoms with E-state index in [1.165, 1.54) is 6.07 Å². The summed E-state index contributed by atoms with van der Waals surface area (Å²) in [5.74, 6) is 6.62.